The van der Waals surface area contributed by atoms with E-state index in [1.807, 2.05) is 20.8 Å². The van der Waals surface area contributed by atoms with Crippen LogP contribution in [-0.2, 0) is 38.0 Å². The molecule has 0 saturated carbocycles. The van der Waals surface area contributed by atoms with Crippen molar-refractivity contribution in [2.75, 3.05) is 92.5 Å². The van der Waals surface area contributed by atoms with E-state index >= 15 is 0 Å². The lowest BCUT2D eigenvalue weighted by Crippen LogP contribution is -2.58. The summed E-state index contributed by atoms with van der Waals surface area (Å²) in [5.74, 6) is -0.121. The first-order valence-electron chi connectivity index (χ1n) is 12.0. The molecule has 0 radical (unpaired) electrons. The highest BCUT2D eigenvalue weighted by molar-refractivity contribution is 5.77. The lowest BCUT2D eigenvalue weighted by Gasteiger charge is -2.34. The van der Waals surface area contributed by atoms with E-state index in [-0.39, 0.29) is 12.3 Å². The molecule has 0 aliphatic carbocycles. The van der Waals surface area contributed by atoms with Gasteiger partial charge in [0.05, 0.1) is 66.1 Å². The Morgan fingerprint density at radius 3 is 1.44 bits per heavy atom. The molecule has 1 amide bonds. The SMILES string of the molecule is CCCOCCOCCOCCOCCC(=O)NC(COCC)(COCC)COCCC. The van der Waals surface area contributed by atoms with E-state index in [0.29, 0.717) is 85.9 Å². The summed E-state index contributed by atoms with van der Waals surface area (Å²) in [6, 6.07) is 0. The van der Waals surface area contributed by atoms with Gasteiger partial charge in [-0.3, -0.25) is 4.79 Å². The first-order chi connectivity index (χ1) is 15.6. The summed E-state index contributed by atoms with van der Waals surface area (Å²) < 4.78 is 38.6. The van der Waals surface area contributed by atoms with E-state index in [1.165, 1.54) is 0 Å². The molecule has 9 nitrogen and oxygen atoms in total. The van der Waals surface area contributed by atoms with Crippen LogP contribution in [0.4, 0.5) is 0 Å². The molecular weight excluding hydrogens is 418 g/mol. The van der Waals surface area contributed by atoms with Gasteiger partial charge in [0.25, 0.3) is 0 Å². The number of hydrogen-bond donors (Lipinski definition) is 1. The normalized spacial score (nSPS) is 11.8. The molecule has 0 spiro atoms. The third kappa shape index (κ3) is 18.7. The first kappa shape index (κ1) is 31.2. The van der Waals surface area contributed by atoms with Crippen LogP contribution in [0.15, 0.2) is 0 Å². The zero-order valence-electron chi connectivity index (χ0n) is 20.8. The molecular formula is C23H47NO8. The van der Waals surface area contributed by atoms with Gasteiger partial charge in [-0.15, -0.1) is 0 Å². The molecule has 0 aromatic carbocycles. The van der Waals surface area contributed by atoms with Crippen molar-refractivity contribution in [3.05, 3.63) is 0 Å². The van der Waals surface area contributed by atoms with Crippen LogP contribution in [0.2, 0.25) is 0 Å². The molecule has 9 heteroatoms. The second-order valence-electron chi connectivity index (χ2n) is 7.35. The second-order valence-corrected chi connectivity index (χ2v) is 7.35. The second kappa shape index (κ2) is 23.4. The van der Waals surface area contributed by atoms with Crippen LogP contribution in [0, 0.1) is 0 Å². The zero-order chi connectivity index (χ0) is 23.8. The van der Waals surface area contributed by atoms with Crippen LogP contribution in [0.5, 0.6) is 0 Å². The maximum absolute atomic E-state index is 12.5. The summed E-state index contributed by atoms with van der Waals surface area (Å²) >= 11 is 0. The van der Waals surface area contributed by atoms with Crippen molar-refractivity contribution in [1.29, 1.82) is 0 Å². The summed E-state index contributed by atoms with van der Waals surface area (Å²) in [7, 11) is 0. The Morgan fingerprint density at radius 2 is 0.969 bits per heavy atom. The topological polar surface area (TPSA) is 93.7 Å². The molecule has 0 bridgehead atoms. The Kier molecular flexibility index (Phi) is 22.8. The van der Waals surface area contributed by atoms with Gasteiger partial charge in [0.2, 0.25) is 5.91 Å². The first-order valence-corrected chi connectivity index (χ1v) is 12.0. The fraction of sp³-hybridized carbons (Fsp3) is 0.957. The summed E-state index contributed by atoms with van der Waals surface area (Å²) in [6.07, 6.45) is 2.16. The average molecular weight is 466 g/mol. The van der Waals surface area contributed by atoms with Crippen molar-refractivity contribution in [3.63, 3.8) is 0 Å². The third-order valence-electron chi connectivity index (χ3n) is 4.23. The van der Waals surface area contributed by atoms with Crippen LogP contribution in [0.25, 0.3) is 0 Å². The molecule has 0 aliphatic heterocycles. The summed E-state index contributed by atoms with van der Waals surface area (Å²) in [5, 5.41) is 3.05. The largest absolute Gasteiger partial charge is 0.379 e. The number of nitrogens with one attached hydrogen (secondary N) is 1. The molecule has 0 atom stereocenters. The highest BCUT2D eigenvalue weighted by Gasteiger charge is 2.33. The fourth-order valence-corrected chi connectivity index (χ4v) is 2.67. The van der Waals surface area contributed by atoms with Crippen LogP contribution in [0.3, 0.4) is 0 Å². The maximum atomic E-state index is 12.5. The molecule has 0 unspecified atom stereocenters. The van der Waals surface area contributed by atoms with Gasteiger partial charge < -0.3 is 38.5 Å². The predicted molar refractivity (Wildman–Crippen MR) is 123 cm³/mol. The number of hydrogen-bond acceptors (Lipinski definition) is 8. The summed E-state index contributed by atoms with van der Waals surface area (Å²) in [6.45, 7) is 14.9. The van der Waals surface area contributed by atoms with E-state index in [2.05, 4.69) is 12.2 Å². The van der Waals surface area contributed by atoms with Crippen molar-refractivity contribution in [2.24, 2.45) is 0 Å². The molecule has 0 rings (SSSR count). The van der Waals surface area contributed by atoms with E-state index in [4.69, 9.17) is 33.2 Å². The Morgan fingerprint density at radius 1 is 0.562 bits per heavy atom. The minimum Gasteiger partial charge on any atom is -0.379 e. The molecule has 0 aromatic rings. The van der Waals surface area contributed by atoms with E-state index in [1.54, 1.807) is 0 Å². The molecule has 0 aromatic heterocycles. The number of carbonyl (C=O) groups is 1. The van der Waals surface area contributed by atoms with E-state index in [9.17, 15) is 4.79 Å². The highest BCUT2D eigenvalue weighted by atomic mass is 16.6. The van der Waals surface area contributed by atoms with Gasteiger partial charge >= 0.3 is 0 Å². The van der Waals surface area contributed by atoms with Crippen LogP contribution in [0.1, 0.15) is 47.0 Å². The van der Waals surface area contributed by atoms with Crippen molar-refractivity contribution in [2.45, 2.75) is 52.5 Å². The Balaban J connectivity index is 4.03. The van der Waals surface area contributed by atoms with Crippen LogP contribution < -0.4 is 5.32 Å². The van der Waals surface area contributed by atoms with Gasteiger partial charge in [-0.05, 0) is 26.7 Å². The smallest absolute Gasteiger partial charge is 0.222 e. The minimum atomic E-state index is -0.705. The monoisotopic (exact) mass is 465 g/mol. The van der Waals surface area contributed by atoms with E-state index in [0.717, 1.165) is 19.4 Å². The lowest BCUT2D eigenvalue weighted by molar-refractivity contribution is -0.128. The van der Waals surface area contributed by atoms with E-state index < -0.39 is 5.54 Å². The quantitative estimate of drug-likeness (QED) is 0.205. The Labute approximate surface area is 194 Å². The average Bonchev–Trinajstić information content (AvgIpc) is 2.79. The van der Waals surface area contributed by atoms with Crippen LogP contribution in [-0.4, -0.2) is 104 Å². The molecule has 0 heterocycles. The van der Waals surface area contributed by atoms with Gasteiger partial charge in [0.1, 0.15) is 5.54 Å². The molecule has 0 aliphatic rings. The lowest BCUT2D eigenvalue weighted by atomic mass is 10.0. The van der Waals surface area contributed by atoms with Gasteiger partial charge in [-0.25, -0.2) is 0 Å². The predicted octanol–water partition coefficient (Wildman–Crippen LogP) is 2.21. The maximum Gasteiger partial charge on any atom is 0.222 e. The zero-order valence-corrected chi connectivity index (χ0v) is 20.8. The Hall–Kier alpha value is -0.810. The molecule has 192 valence electrons. The number of carbonyl (C=O) groups excluding carboxylic acids is 1. The van der Waals surface area contributed by atoms with Crippen molar-refractivity contribution >= 4 is 5.91 Å². The van der Waals surface area contributed by atoms with Gasteiger partial charge in [0, 0.05) is 32.8 Å². The van der Waals surface area contributed by atoms with Gasteiger partial charge in [-0.2, -0.15) is 0 Å². The minimum absolute atomic E-state index is 0.121. The Bertz CT molecular complexity index is 403. The third-order valence-corrected chi connectivity index (χ3v) is 4.23. The van der Waals surface area contributed by atoms with Gasteiger partial charge in [-0.1, -0.05) is 13.8 Å². The highest BCUT2D eigenvalue weighted by Crippen LogP contribution is 2.10. The molecule has 0 fully saturated rings. The van der Waals surface area contributed by atoms with Crippen LogP contribution >= 0.6 is 0 Å². The van der Waals surface area contributed by atoms with Crippen molar-refractivity contribution in [3.8, 4) is 0 Å². The fourth-order valence-electron chi connectivity index (χ4n) is 2.67. The standard InChI is InChI=1S/C23H47NO8/c1-5-10-28-13-15-30-17-18-31-16-14-29-12-9-22(25)24-23(19-26-7-3,20-27-8-4)21-32-11-6-2/h5-21H2,1-4H3,(H,24,25). The van der Waals surface area contributed by atoms with Crippen molar-refractivity contribution in [1.82, 2.24) is 5.32 Å². The molecule has 0 saturated heterocycles. The number of rotatable bonds is 25. The summed E-state index contributed by atoms with van der Waals surface area (Å²) in [5.41, 5.74) is -0.705. The molecule has 32 heavy (non-hydrogen) atoms. The number of ether oxygens (including phenoxy) is 7. The number of amides is 1. The summed E-state index contributed by atoms with van der Waals surface area (Å²) in [4.78, 5) is 12.5. The molecule has 1 N–H and O–H groups in total. The van der Waals surface area contributed by atoms with Gasteiger partial charge in [0.15, 0.2) is 0 Å². The van der Waals surface area contributed by atoms with Crippen molar-refractivity contribution < 1.29 is 38.0 Å².